The largest absolute Gasteiger partial charge is 0.381 e. The Morgan fingerprint density at radius 2 is 2.00 bits per heavy atom. The molecule has 3 N–H and O–H groups in total. The third kappa shape index (κ3) is 7.46. The van der Waals surface area contributed by atoms with E-state index in [1.165, 1.54) is 12.8 Å². The third-order valence-corrected chi connectivity index (χ3v) is 3.84. The van der Waals surface area contributed by atoms with Crippen molar-refractivity contribution in [1.29, 1.82) is 0 Å². The average Bonchev–Trinajstić information content (AvgIpc) is 3.47. The van der Waals surface area contributed by atoms with E-state index < -0.39 is 29.0 Å². The van der Waals surface area contributed by atoms with Crippen LogP contribution in [-0.2, 0) is 9.53 Å². The molecule has 1 fully saturated rings. The fourth-order valence-electron chi connectivity index (χ4n) is 2.22. The fourth-order valence-corrected chi connectivity index (χ4v) is 2.22. The van der Waals surface area contributed by atoms with Crippen LogP contribution in [0.15, 0.2) is 17.1 Å². The molecule has 9 heteroatoms. The first-order valence-electron chi connectivity index (χ1n) is 9.04. The van der Waals surface area contributed by atoms with Crippen LogP contribution in [0.5, 0.6) is 0 Å². The minimum Gasteiger partial charge on any atom is -0.381 e. The number of hydrogen-bond donors (Lipinski definition) is 3. The molecule has 0 saturated heterocycles. The molecule has 27 heavy (non-hydrogen) atoms. The van der Waals surface area contributed by atoms with Crippen molar-refractivity contribution < 1.29 is 22.7 Å². The van der Waals surface area contributed by atoms with Crippen molar-refractivity contribution in [2.45, 2.75) is 26.2 Å². The quantitative estimate of drug-likeness (QED) is 0.250. The molecule has 1 aromatic rings. The fraction of sp³-hybridized carbons (Fsp3) is 0.556. The number of amides is 1. The van der Waals surface area contributed by atoms with Gasteiger partial charge in [-0.2, -0.15) is 0 Å². The van der Waals surface area contributed by atoms with Gasteiger partial charge in [0.2, 0.25) is 5.91 Å². The zero-order valence-electron chi connectivity index (χ0n) is 15.3. The number of halogens is 3. The number of rotatable bonds is 10. The van der Waals surface area contributed by atoms with E-state index in [1.54, 1.807) is 0 Å². The summed E-state index contributed by atoms with van der Waals surface area (Å²) in [6.07, 6.45) is 3.31. The molecule has 1 saturated carbocycles. The Morgan fingerprint density at radius 3 is 2.70 bits per heavy atom. The molecule has 0 spiro atoms. The Bertz CT molecular complexity index is 666. The molecule has 1 amide bonds. The Kier molecular flexibility index (Phi) is 8.38. The highest BCUT2D eigenvalue weighted by atomic mass is 19.2. The maximum absolute atomic E-state index is 13.6. The molecule has 0 bridgehead atoms. The van der Waals surface area contributed by atoms with Gasteiger partial charge in [0.05, 0.1) is 5.69 Å². The van der Waals surface area contributed by atoms with Crippen molar-refractivity contribution in [2.75, 3.05) is 38.2 Å². The standard InChI is InChI=1S/C18H25F3N4O2/c1-2-22-18(23-8-3-9-27-11-12-4-5-12)24-10-15(26)25-14-7-6-13(19)16(20)17(14)21/h6-7,12H,2-5,8-11H2,1H3,(H,25,26)(H2,22,23,24). The van der Waals surface area contributed by atoms with Crippen LogP contribution in [0.1, 0.15) is 26.2 Å². The predicted molar refractivity (Wildman–Crippen MR) is 97.1 cm³/mol. The molecule has 1 aliphatic rings. The highest BCUT2D eigenvalue weighted by Crippen LogP contribution is 2.28. The van der Waals surface area contributed by atoms with Crippen LogP contribution in [0.25, 0.3) is 0 Å². The molecular weight excluding hydrogens is 361 g/mol. The van der Waals surface area contributed by atoms with Crippen molar-refractivity contribution in [2.24, 2.45) is 10.9 Å². The van der Waals surface area contributed by atoms with Crippen LogP contribution in [0.4, 0.5) is 18.9 Å². The SMILES string of the molecule is CCNC(=NCC(=O)Nc1ccc(F)c(F)c1F)NCCCOCC1CC1. The first-order valence-corrected chi connectivity index (χ1v) is 9.04. The second kappa shape index (κ2) is 10.8. The van der Waals surface area contributed by atoms with E-state index in [9.17, 15) is 18.0 Å². The number of ether oxygens (including phenoxy) is 1. The van der Waals surface area contributed by atoms with Crippen molar-refractivity contribution in [3.63, 3.8) is 0 Å². The van der Waals surface area contributed by atoms with Crippen molar-refractivity contribution in [3.05, 3.63) is 29.6 Å². The van der Waals surface area contributed by atoms with Gasteiger partial charge in [0.25, 0.3) is 0 Å². The predicted octanol–water partition coefficient (Wildman–Crippen LogP) is 2.41. The molecule has 0 aliphatic heterocycles. The number of aliphatic imine (C=N–C) groups is 1. The third-order valence-electron chi connectivity index (χ3n) is 3.84. The molecule has 0 unspecified atom stereocenters. The summed E-state index contributed by atoms with van der Waals surface area (Å²) in [6, 6.07) is 1.70. The van der Waals surface area contributed by atoms with E-state index in [0.29, 0.717) is 25.7 Å². The van der Waals surface area contributed by atoms with E-state index in [1.807, 2.05) is 6.92 Å². The van der Waals surface area contributed by atoms with Crippen LogP contribution >= 0.6 is 0 Å². The molecule has 0 heterocycles. The highest BCUT2D eigenvalue weighted by molar-refractivity contribution is 5.94. The maximum atomic E-state index is 13.6. The Morgan fingerprint density at radius 1 is 1.22 bits per heavy atom. The molecule has 0 aromatic heterocycles. The van der Waals surface area contributed by atoms with Crippen LogP contribution in [0.3, 0.4) is 0 Å². The molecule has 1 aliphatic carbocycles. The van der Waals surface area contributed by atoms with Crippen molar-refractivity contribution in [3.8, 4) is 0 Å². The summed E-state index contributed by atoms with van der Waals surface area (Å²) in [5, 5.41) is 8.22. The van der Waals surface area contributed by atoms with Crippen molar-refractivity contribution in [1.82, 2.24) is 10.6 Å². The number of benzene rings is 1. The second-order valence-corrected chi connectivity index (χ2v) is 6.26. The summed E-state index contributed by atoms with van der Waals surface area (Å²) in [4.78, 5) is 16.0. The normalized spacial score (nSPS) is 14.1. The second-order valence-electron chi connectivity index (χ2n) is 6.26. The minimum atomic E-state index is -1.63. The smallest absolute Gasteiger partial charge is 0.246 e. The van der Waals surface area contributed by atoms with Crippen LogP contribution < -0.4 is 16.0 Å². The van der Waals surface area contributed by atoms with E-state index >= 15 is 0 Å². The van der Waals surface area contributed by atoms with Crippen LogP contribution in [-0.4, -0.2) is 44.7 Å². The monoisotopic (exact) mass is 386 g/mol. The van der Waals surface area contributed by atoms with Gasteiger partial charge in [0, 0.05) is 26.3 Å². The topological polar surface area (TPSA) is 74.8 Å². The van der Waals surface area contributed by atoms with Gasteiger partial charge in [-0.3, -0.25) is 4.79 Å². The van der Waals surface area contributed by atoms with Gasteiger partial charge in [0.15, 0.2) is 23.4 Å². The summed E-state index contributed by atoms with van der Waals surface area (Å²) in [5.74, 6) is -3.87. The van der Waals surface area contributed by atoms with E-state index in [-0.39, 0.29) is 6.54 Å². The van der Waals surface area contributed by atoms with E-state index in [4.69, 9.17) is 4.74 Å². The number of guanidine groups is 1. The molecule has 0 radical (unpaired) electrons. The maximum Gasteiger partial charge on any atom is 0.246 e. The van der Waals surface area contributed by atoms with Gasteiger partial charge in [-0.15, -0.1) is 0 Å². The number of nitrogens with one attached hydrogen (secondary N) is 3. The van der Waals surface area contributed by atoms with Gasteiger partial charge in [-0.1, -0.05) is 0 Å². The highest BCUT2D eigenvalue weighted by Gasteiger charge is 2.20. The first kappa shape index (κ1) is 21.0. The lowest BCUT2D eigenvalue weighted by Gasteiger charge is -2.11. The Labute approximate surface area is 156 Å². The van der Waals surface area contributed by atoms with E-state index in [2.05, 4.69) is 20.9 Å². The number of nitrogens with zero attached hydrogens (tertiary/aromatic N) is 1. The van der Waals surface area contributed by atoms with Gasteiger partial charge >= 0.3 is 0 Å². The van der Waals surface area contributed by atoms with Crippen LogP contribution in [0, 0.1) is 23.4 Å². The number of carbonyl (C=O) groups excluding carboxylic acids is 1. The average molecular weight is 386 g/mol. The molecule has 6 nitrogen and oxygen atoms in total. The molecule has 150 valence electrons. The first-order chi connectivity index (χ1) is 13.0. The summed E-state index contributed by atoms with van der Waals surface area (Å²) < 4.78 is 45.2. The van der Waals surface area contributed by atoms with Gasteiger partial charge in [-0.25, -0.2) is 18.2 Å². The number of carbonyl (C=O) groups is 1. The molecule has 2 rings (SSSR count). The lowest BCUT2D eigenvalue weighted by molar-refractivity contribution is -0.114. The number of anilines is 1. The Hall–Kier alpha value is -2.29. The van der Waals surface area contributed by atoms with E-state index in [0.717, 1.165) is 31.1 Å². The zero-order valence-corrected chi connectivity index (χ0v) is 15.3. The van der Waals surface area contributed by atoms with Crippen molar-refractivity contribution >= 4 is 17.6 Å². The summed E-state index contributed by atoms with van der Waals surface area (Å²) >= 11 is 0. The number of hydrogen-bond acceptors (Lipinski definition) is 3. The molecule has 0 atom stereocenters. The summed E-state index contributed by atoms with van der Waals surface area (Å²) in [5.41, 5.74) is -0.431. The summed E-state index contributed by atoms with van der Waals surface area (Å²) in [7, 11) is 0. The van der Waals surface area contributed by atoms with Gasteiger partial charge < -0.3 is 20.7 Å². The molecule has 1 aromatic carbocycles. The van der Waals surface area contributed by atoms with Crippen LogP contribution in [0.2, 0.25) is 0 Å². The lowest BCUT2D eigenvalue weighted by atomic mass is 10.3. The van der Waals surface area contributed by atoms with Gasteiger partial charge in [0.1, 0.15) is 6.54 Å². The Balaban J connectivity index is 1.75. The molecular formula is C18H25F3N4O2. The minimum absolute atomic E-state index is 0.300. The lowest BCUT2D eigenvalue weighted by Crippen LogP contribution is -2.38. The summed E-state index contributed by atoms with van der Waals surface area (Å²) in [6.45, 7) is 4.27. The zero-order chi connectivity index (χ0) is 19.6. The van der Waals surface area contributed by atoms with Gasteiger partial charge in [-0.05, 0) is 44.2 Å².